The molecule has 1 fully saturated rings. The normalized spacial score (nSPS) is 21.6. The fourth-order valence-electron chi connectivity index (χ4n) is 2.86. The van der Waals surface area contributed by atoms with Gasteiger partial charge in [-0.15, -0.1) is 0 Å². The largest absolute Gasteiger partial charge is 0.444 e. The number of amides is 2. The molecule has 0 aliphatic carbocycles. The molecule has 0 unspecified atom stereocenters. The molecule has 0 aromatic carbocycles. The highest BCUT2D eigenvalue weighted by Crippen LogP contribution is 2.28. The lowest BCUT2D eigenvalue weighted by Crippen LogP contribution is -2.47. The van der Waals surface area contributed by atoms with Crippen molar-refractivity contribution in [3.05, 3.63) is 11.9 Å². The number of fused-ring (bicyclic) bond motifs is 1. The zero-order valence-corrected chi connectivity index (χ0v) is 14.0. The summed E-state index contributed by atoms with van der Waals surface area (Å²) in [5, 5.41) is 7.40. The fraction of sp³-hybridized carbons (Fsp3) is 0.667. The zero-order valence-electron chi connectivity index (χ0n) is 14.0. The predicted octanol–water partition coefficient (Wildman–Crippen LogP) is 0.916. The molecule has 2 amide bonds. The Bertz CT molecular complexity index is 634. The van der Waals surface area contributed by atoms with E-state index in [0.717, 1.165) is 11.4 Å². The SMILES string of the molecule is C[C@H]1Cn2ncc(N3CNCC3=O)c2CN1C(=O)OC(C)(C)C. The first-order chi connectivity index (χ1) is 10.8. The molecule has 3 heterocycles. The van der Waals surface area contributed by atoms with Crippen molar-refractivity contribution in [1.29, 1.82) is 0 Å². The number of anilines is 1. The van der Waals surface area contributed by atoms with Gasteiger partial charge in [0.2, 0.25) is 5.91 Å². The lowest BCUT2D eigenvalue weighted by atomic mass is 10.2. The summed E-state index contributed by atoms with van der Waals surface area (Å²) in [6.07, 6.45) is 1.36. The Morgan fingerprint density at radius 3 is 2.78 bits per heavy atom. The van der Waals surface area contributed by atoms with Crippen LogP contribution in [0.4, 0.5) is 10.5 Å². The zero-order chi connectivity index (χ0) is 16.8. The average molecular weight is 321 g/mol. The van der Waals surface area contributed by atoms with Crippen molar-refractivity contribution in [2.75, 3.05) is 18.1 Å². The molecule has 1 N–H and O–H groups in total. The number of nitrogens with one attached hydrogen (secondary N) is 1. The van der Waals surface area contributed by atoms with Crippen molar-refractivity contribution >= 4 is 17.7 Å². The summed E-state index contributed by atoms with van der Waals surface area (Å²) in [5.74, 6) is 0.0169. The summed E-state index contributed by atoms with van der Waals surface area (Å²) < 4.78 is 7.36. The van der Waals surface area contributed by atoms with E-state index < -0.39 is 5.60 Å². The molecule has 1 aromatic heterocycles. The summed E-state index contributed by atoms with van der Waals surface area (Å²) in [6.45, 7) is 9.30. The van der Waals surface area contributed by atoms with Crippen LogP contribution in [0.3, 0.4) is 0 Å². The maximum atomic E-state index is 12.4. The van der Waals surface area contributed by atoms with E-state index in [1.54, 1.807) is 16.0 Å². The Balaban J connectivity index is 1.84. The molecular weight excluding hydrogens is 298 g/mol. The van der Waals surface area contributed by atoms with Gasteiger partial charge in [0.05, 0.1) is 49.9 Å². The maximum Gasteiger partial charge on any atom is 0.410 e. The first kappa shape index (κ1) is 15.8. The number of carbonyl (C=O) groups excluding carboxylic acids is 2. The van der Waals surface area contributed by atoms with E-state index in [0.29, 0.717) is 26.3 Å². The quantitative estimate of drug-likeness (QED) is 0.832. The summed E-state index contributed by atoms with van der Waals surface area (Å²) in [7, 11) is 0. The smallest absolute Gasteiger partial charge is 0.410 e. The Morgan fingerprint density at radius 2 is 2.17 bits per heavy atom. The van der Waals surface area contributed by atoms with Gasteiger partial charge >= 0.3 is 6.09 Å². The average Bonchev–Trinajstić information content (AvgIpc) is 3.01. The van der Waals surface area contributed by atoms with Crippen LogP contribution in [0.1, 0.15) is 33.4 Å². The molecule has 8 nitrogen and oxygen atoms in total. The van der Waals surface area contributed by atoms with Crippen molar-refractivity contribution in [2.24, 2.45) is 0 Å². The van der Waals surface area contributed by atoms with Crippen LogP contribution in [0.2, 0.25) is 0 Å². The van der Waals surface area contributed by atoms with Gasteiger partial charge in [-0.3, -0.25) is 24.6 Å². The first-order valence-electron chi connectivity index (χ1n) is 7.81. The number of aromatic nitrogens is 2. The third-order valence-corrected chi connectivity index (χ3v) is 3.98. The van der Waals surface area contributed by atoms with Crippen molar-refractivity contribution < 1.29 is 14.3 Å². The van der Waals surface area contributed by atoms with E-state index in [2.05, 4.69) is 10.4 Å². The number of ether oxygens (including phenoxy) is 1. The fourth-order valence-corrected chi connectivity index (χ4v) is 2.86. The molecule has 3 rings (SSSR count). The van der Waals surface area contributed by atoms with Gasteiger partial charge in [-0.2, -0.15) is 5.10 Å². The van der Waals surface area contributed by atoms with E-state index in [4.69, 9.17) is 4.74 Å². The molecule has 1 aromatic rings. The lowest BCUT2D eigenvalue weighted by Gasteiger charge is -2.35. The van der Waals surface area contributed by atoms with Crippen molar-refractivity contribution in [3.63, 3.8) is 0 Å². The summed E-state index contributed by atoms with van der Waals surface area (Å²) in [5.41, 5.74) is 1.10. The summed E-state index contributed by atoms with van der Waals surface area (Å²) >= 11 is 0. The highest BCUT2D eigenvalue weighted by molar-refractivity contribution is 5.97. The Kier molecular flexibility index (Phi) is 3.79. The van der Waals surface area contributed by atoms with Crippen LogP contribution < -0.4 is 10.2 Å². The maximum absolute atomic E-state index is 12.4. The molecular formula is C15H23N5O3. The molecule has 0 radical (unpaired) electrons. The molecule has 1 saturated heterocycles. The van der Waals surface area contributed by atoms with Gasteiger partial charge in [0.25, 0.3) is 0 Å². The van der Waals surface area contributed by atoms with Gasteiger partial charge in [0.15, 0.2) is 0 Å². The Morgan fingerprint density at radius 1 is 1.43 bits per heavy atom. The summed E-state index contributed by atoms with van der Waals surface area (Å²) in [4.78, 5) is 27.7. The minimum Gasteiger partial charge on any atom is -0.444 e. The third-order valence-electron chi connectivity index (χ3n) is 3.98. The van der Waals surface area contributed by atoms with E-state index in [9.17, 15) is 9.59 Å². The minimum atomic E-state index is -0.536. The Hall–Kier alpha value is -2.09. The van der Waals surface area contributed by atoms with Crippen LogP contribution in [0, 0.1) is 0 Å². The monoisotopic (exact) mass is 321 g/mol. The molecule has 2 aliphatic heterocycles. The predicted molar refractivity (Wildman–Crippen MR) is 83.8 cm³/mol. The van der Waals surface area contributed by atoms with E-state index in [-0.39, 0.29) is 18.0 Å². The number of nitrogens with zero attached hydrogens (tertiary/aromatic N) is 4. The summed E-state index contributed by atoms with van der Waals surface area (Å²) in [6, 6.07) is -0.0162. The number of rotatable bonds is 1. The van der Waals surface area contributed by atoms with Crippen molar-refractivity contribution in [2.45, 2.75) is 52.4 Å². The number of hydrogen-bond acceptors (Lipinski definition) is 5. The topological polar surface area (TPSA) is 79.7 Å². The van der Waals surface area contributed by atoms with Gasteiger partial charge < -0.3 is 4.74 Å². The second-order valence-electron chi connectivity index (χ2n) is 7.02. The molecule has 0 spiro atoms. The van der Waals surface area contributed by atoms with E-state index in [1.807, 2.05) is 32.4 Å². The molecule has 23 heavy (non-hydrogen) atoms. The highest BCUT2D eigenvalue weighted by Gasteiger charge is 2.34. The molecule has 8 heteroatoms. The van der Waals surface area contributed by atoms with Crippen LogP contribution in [0.15, 0.2) is 6.20 Å². The van der Waals surface area contributed by atoms with Crippen LogP contribution in [-0.4, -0.2) is 51.5 Å². The minimum absolute atomic E-state index is 0.0162. The Labute approximate surface area is 135 Å². The van der Waals surface area contributed by atoms with Gasteiger partial charge in [-0.05, 0) is 27.7 Å². The highest BCUT2D eigenvalue weighted by atomic mass is 16.6. The van der Waals surface area contributed by atoms with Gasteiger partial charge in [-0.25, -0.2) is 4.79 Å². The van der Waals surface area contributed by atoms with Crippen LogP contribution >= 0.6 is 0 Å². The van der Waals surface area contributed by atoms with Gasteiger partial charge in [-0.1, -0.05) is 0 Å². The van der Waals surface area contributed by atoms with Gasteiger partial charge in [0.1, 0.15) is 5.60 Å². The number of carbonyl (C=O) groups is 2. The van der Waals surface area contributed by atoms with Crippen molar-refractivity contribution in [1.82, 2.24) is 20.0 Å². The lowest BCUT2D eigenvalue weighted by molar-refractivity contribution is -0.116. The van der Waals surface area contributed by atoms with Crippen LogP contribution in [0.25, 0.3) is 0 Å². The second-order valence-corrected chi connectivity index (χ2v) is 7.02. The molecule has 126 valence electrons. The third kappa shape index (κ3) is 3.03. The first-order valence-corrected chi connectivity index (χ1v) is 7.81. The van der Waals surface area contributed by atoms with Crippen LogP contribution in [0.5, 0.6) is 0 Å². The van der Waals surface area contributed by atoms with Crippen LogP contribution in [-0.2, 0) is 22.6 Å². The van der Waals surface area contributed by atoms with Crippen molar-refractivity contribution in [3.8, 4) is 0 Å². The van der Waals surface area contributed by atoms with E-state index in [1.165, 1.54) is 0 Å². The second kappa shape index (κ2) is 5.52. The van der Waals surface area contributed by atoms with Gasteiger partial charge in [0, 0.05) is 0 Å². The van der Waals surface area contributed by atoms with E-state index >= 15 is 0 Å². The number of hydrogen-bond donors (Lipinski definition) is 1. The molecule has 0 bridgehead atoms. The molecule has 2 aliphatic rings. The molecule has 1 atom stereocenters. The molecule has 0 saturated carbocycles. The standard InChI is InChI=1S/C15H23N5O3/c1-10-7-20-12(8-18(10)14(22)23-15(2,3)4)11(5-17-20)19-9-16-6-13(19)21/h5,10,16H,6-9H2,1-4H3/t10-/m0/s1.